The van der Waals surface area contributed by atoms with Crippen molar-refractivity contribution in [1.29, 1.82) is 0 Å². The number of halogens is 1. The van der Waals surface area contributed by atoms with Gasteiger partial charge in [-0.2, -0.15) is 0 Å². The van der Waals surface area contributed by atoms with Gasteiger partial charge in [-0.15, -0.1) is 0 Å². The molecule has 0 amide bonds. The normalized spacial score (nSPS) is 24.2. The highest BCUT2D eigenvalue weighted by Gasteiger charge is 2.34. The van der Waals surface area contributed by atoms with Gasteiger partial charge in [0.25, 0.3) is 0 Å². The van der Waals surface area contributed by atoms with Crippen LogP contribution in [0.25, 0.3) is 0 Å². The SMILES string of the molecule is Cc1c(F)cccc1NC1CCCC1S(C)(=O)=O. The van der Waals surface area contributed by atoms with Crippen LogP contribution in [0, 0.1) is 12.7 Å². The number of anilines is 1. The highest BCUT2D eigenvalue weighted by Crippen LogP contribution is 2.29. The summed E-state index contributed by atoms with van der Waals surface area (Å²) in [5.74, 6) is -0.270. The van der Waals surface area contributed by atoms with Crippen molar-refractivity contribution in [3.63, 3.8) is 0 Å². The second-order valence-corrected chi connectivity index (χ2v) is 7.23. The molecule has 100 valence electrons. The van der Waals surface area contributed by atoms with E-state index < -0.39 is 9.84 Å². The number of benzene rings is 1. The topological polar surface area (TPSA) is 46.2 Å². The van der Waals surface area contributed by atoms with Crippen molar-refractivity contribution < 1.29 is 12.8 Å². The molecule has 2 unspecified atom stereocenters. The molecule has 1 aliphatic carbocycles. The molecule has 2 rings (SSSR count). The maximum absolute atomic E-state index is 13.4. The van der Waals surface area contributed by atoms with Gasteiger partial charge in [0.2, 0.25) is 0 Å². The minimum Gasteiger partial charge on any atom is -0.381 e. The van der Waals surface area contributed by atoms with Crippen LogP contribution in [0.5, 0.6) is 0 Å². The zero-order chi connectivity index (χ0) is 13.3. The van der Waals surface area contributed by atoms with Gasteiger partial charge in [0.05, 0.1) is 5.25 Å². The maximum Gasteiger partial charge on any atom is 0.152 e. The van der Waals surface area contributed by atoms with E-state index in [1.807, 2.05) is 0 Å². The molecule has 0 heterocycles. The van der Waals surface area contributed by atoms with Crippen molar-refractivity contribution in [2.75, 3.05) is 11.6 Å². The van der Waals surface area contributed by atoms with Crippen molar-refractivity contribution >= 4 is 15.5 Å². The molecule has 5 heteroatoms. The third-order valence-corrected chi connectivity index (χ3v) is 5.28. The average molecular weight is 271 g/mol. The van der Waals surface area contributed by atoms with E-state index in [0.29, 0.717) is 17.7 Å². The van der Waals surface area contributed by atoms with Crippen LogP contribution in [0.15, 0.2) is 18.2 Å². The summed E-state index contributed by atoms with van der Waals surface area (Å²) in [6, 6.07) is 4.72. The summed E-state index contributed by atoms with van der Waals surface area (Å²) in [7, 11) is -3.05. The zero-order valence-corrected chi connectivity index (χ0v) is 11.4. The predicted molar refractivity (Wildman–Crippen MR) is 71.0 cm³/mol. The van der Waals surface area contributed by atoms with Crippen LogP contribution < -0.4 is 5.32 Å². The molecular weight excluding hydrogens is 253 g/mol. The Balaban J connectivity index is 2.21. The second-order valence-electron chi connectivity index (χ2n) is 4.96. The molecule has 1 aliphatic rings. The van der Waals surface area contributed by atoms with Crippen LogP contribution in [0.3, 0.4) is 0 Å². The quantitative estimate of drug-likeness (QED) is 0.919. The van der Waals surface area contributed by atoms with Crippen LogP contribution in [0.1, 0.15) is 24.8 Å². The van der Waals surface area contributed by atoms with Crippen LogP contribution in [-0.4, -0.2) is 26.0 Å². The van der Waals surface area contributed by atoms with E-state index in [1.54, 1.807) is 19.1 Å². The standard InChI is InChI=1S/C13H18FNO2S/c1-9-10(14)5-3-6-11(9)15-12-7-4-8-13(12)18(2,16)17/h3,5-6,12-13,15H,4,7-8H2,1-2H3. The Bertz CT molecular complexity index is 542. The van der Waals surface area contributed by atoms with E-state index in [1.165, 1.54) is 12.3 Å². The van der Waals surface area contributed by atoms with Gasteiger partial charge < -0.3 is 5.32 Å². The van der Waals surface area contributed by atoms with Gasteiger partial charge in [0.1, 0.15) is 5.82 Å². The molecule has 0 spiro atoms. The lowest BCUT2D eigenvalue weighted by Gasteiger charge is -2.22. The lowest BCUT2D eigenvalue weighted by Crippen LogP contribution is -2.34. The van der Waals surface area contributed by atoms with E-state index in [4.69, 9.17) is 0 Å². The summed E-state index contributed by atoms with van der Waals surface area (Å²) >= 11 is 0. The molecule has 1 aromatic rings. The summed E-state index contributed by atoms with van der Waals surface area (Å²) in [5, 5.41) is 2.83. The molecular formula is C13H18FNO2S. The third-order valence-electron chi connectivity index (χ3n) is 3.61. The Kier molecular flexibility index (Phi) is 3.61. The molecule has 2 atom stereocenters. The molecule has 1 saturated carbocycles. The fraction of sp³-hybridized carbons (Fsp3) is 0.538. The van der Waals surface area contributed by atoms with Gasteiger partial charge in [0, 0.05) is 23.5 Å². The van der Waals surface area contributed by atoms with Gasteiger partial charge in [-0.05, 0) is 38.3 Å². The van der Waals surface area contributed by atoms with Crippen molar-refractivity contribution in [1.82, 2.24) is 0 Å². The molecule has 0 radical (unpaired) electrons. The van der Waals surface area contributed by atoms with Gasteiger partial charge in [-0.3, -0.25) is 0 Å². The Labute approximate surface area is 107 Å². The molecule has 0 aromatic heterocycles. The molecule has 3 nitrogen and oxygen atoms in total. The van der Waals surface area contributed by atoms with Crippen molar-refractivity contribution in [3.8, 4) is 0 Å². The first-order chi connectivity index (χ1) is 8.39. The Hall–Kier alpha value is -1.10. The average Bonchev–Trinajstić information content (AvgIpc) is 2.72. The first kappa shape index (κ1) is 13.3. The Morgan fingerprint density at radius 3 is 2.72 bits per heavy atom. The van der Waals surface area contributed by atoms with Crippen molar-refractivity contribution in [2.45, 2.75) is 37.5 Å². The van der Waals surface area contributed by atoms with Crippen LogP contribution in [0.4, 0.5) is 10.1 Å². The summed E-state index contributed by atoms with van der Waals surface area (Å²) in [6.45, 7) is 1.70. The number of nitrogens with one attached hydrogen (secondary N) is 1. The summed E-state index contributed by atoms with van der Waals surface area (Å²) in [5.41, 5.74) is 1.23. The minimum absolute atomic E-state index is 0.111. The lowest BCUT2D eigenvalue weighted by atomic mass is 10.1. The number of hydrogen-bond acceptors (Lipinski definition) is 3. The number of hydrogen-bond donors (Lipinski definition) is 1. The highest BCUT2D eigenvalue weighted by molar-refractivity contribution is 7.91. The number of rotatable bonds is 3. The van der Waals surface area contributed by atoms with Crippen LogP contribution in [0.2, 0.25) is 0 Å². The summed E-state index contributed by atoms with van der Waals surface area (Å²) < 4.78 is 36.8. The van der Waals surface area contributed by atoms with E-state index in [-0.39, 0.29) is 17.1 Å². The molecule has 18 heavy (non-hydrogen) atoms. The fourth-order valence-corrected chi connectivity index (χ4v) is 3.96. The predicted octanol–water partition coefficient (Wildman–Crippen LogP) is 2.51. The first-order valence-corrected chi connectivity index (χ1v) is 8.05. The van der Waals surface area contributed by atoms with E-state index in [9.17, 15) is 12.8 Å². The molecule has 1 N–H and O–H groups in total. The molecule has 0 aliphatic heterocycles. The first-order valence-electron chi connectivity index (χ1n) is 6.10. The van der Waals surface area contributed by atoms with Crippen LogP contribution >= 0.6 is 0 Å². The second kappa shape index (κ2) is 4.88. The zero-order valence-electron chi connectivity index (χ0n) is 10.6. The summed E-state index contributed by atoms with van der Waals surface area (Å²) in [6.07, 6.45) is 3.67. The summed E-state index contributed by atoms with van der Waals surface area (Å²) in [4.78, 5) is 0. The Morgan fingerprint density at radius 1 is 1.33 bits per heavy atom. The lowest BCUT2D eigenvalue weighted by molar-refractivity contribution is 0.579. The van der Waals surface area contributed by atoms with E-state index in [0.717, 1.165) is 12.8 Å². The fourth-order valence-electron chi connectivity index (χ4n) is 2.57. The van der Waals surface area contributed by atoms with E-state index in [2.05, 4.69) is 5.32 Å². The molecule has 0 saturated heterocycles. The maximum atomic E-state index is 13.4. The molecule has 0 bridgehead atoms. The van der Waals surface area contributed by atoms with Crippen molar-refractivity contribution in [3.05, 3.63) is 29.6 Å². The molecule has 1 aromatic carbocycles. The number of sulfone groups is 1. The smallest absolute Gasteiger partial charge is 0.152 e. The third kappa shape index (κ3) is 2.66. The van der Waals surface area contributed by atoms with Gasteiger partial charge in [-0.25, -0.2) is 12.8 Å². The van der Waals surface area contributed by atoms with Gasteiger partial charge >= 0.3 is 0 Å². The van der Waals surface area contributed by atoms with Gasteiger partial charge in [-0.1, -0.05) is 6.07 Å². The molecule has 1 fully saturated rings. The Morgan fingerprint density at radius 2 is 2.06 bits per heavy atom. The van der Waals surface area contributed by atoms with E-state index >= 15 is 0 Å². The van der Waals surface area contributed by atoms with Crippen molar-refractivity contribution in [2.24, 2.45) is 0 Å². The van der Waals surface area contributed by atoms with Crippen LogP contribution in [-0.2, 0) is 9.84 Å². The monoisotopic (exact) mass is 271 g/mol. The van der Waals surface area contributed by atoms with Gasteiger partial charge in [0.15, 0.2) is 9.84 Å². The minimum atomic E-state index is -3.05. The largest absolute Gasteiger partial charge is 0.381 e. The highest BCUT2D eigenvalue weighted by atomic mass is 32.2.